The lowest BCUT2D eigenvalue weighted by Crippen LogP contribution is -2.57. The Morgan fingerprint density at radius 3 is 2.35 bits per heavy atom. The smallest absolute Gasteiger partial charge is 0.326 e. The molecule has 11 heteroatoms. The highest BCUT2D eigenvalue weighted by atomic mass is 32.1. The molecule has 0 aliphatic carbocycles. The van der Waals surface area contributed by atoms with E-state index in [4.69, 9.17) is 5.73 Å². The van der Waals surface area contributed by atoms with Crippen LogP contribution >= 0.6 is 12.6 Å². The largest absolute Gasteiger partial charge is 0.508 e. The molecule has 1 heterocycles. The van der Waals surface area contributed by atoms with Crippen LogP contribution in [0.2, 0.25) is 0 Å². The molecule has 2 rings (SSSR count). The molecule has 0 radical (unpaired) electrons. The summed E-state index contributed by atoms with van der Waals surface area (Å²) in [4.78, 5) is 51.6. The zero-order chi connectivity index (χ0) is 25.4. The van der Waals surface area contributed by atoms with E-state index in [0.717, 1.165) is 0 Å². The lowest BCUT2D eigenvalue weighted by atomic mass is 10.0. The van der Waals surface area contributed by atoms with Crippen molar-refractivity contribution in [1.29, 1.82) is 0 Å². The van der Waals surface area contributed by atoms with Crippen LogP contribution in [-0.4, -0.2) is 75.3 Å². The average molecular weight is 495 g/mol. The lowest BCUT2D eigenvalue weighted by molar-refractivity contribution is -0.144. The van der Waals surface area contributed by atoms with Gasteiger partial charge in [-0.15, -0.1) is 0 Å². The van der Waals surface area contributed by atoms with Crippen LogP contribution in [0.1, 0.15) is 38.7 Å². The molecule has 6 N–H and O–H groups in total. The Balaban J connectivity index is 2.05. The number of hydrogen-bond acceptors (Lipinski definition) is 7. The maximum Gasteiger partial charge on any atom is 0.326 e. The summed E-state index contributed by atoms with van der Waals surface area (Å²) in [5.74, 6) is -2.40. The first kappa shape index (κ1) is 27.5. The average Bonchev–Trinajstić information content (AvgIpc) is 3.27. The van der Waals surface area contributed by atoms with Crippen LogP contribution in [0.15, 0.2) is 24.3 Å². The molecule has 0 bridgehead atoms. The fourth-order valence-corrected chi connectivity index (χ4v) is 4.17. The van der Waals surface area contributed by atoms with Gasteiger partial charge in [0.25, 0.3) is 0 Å². The number of nitrogens with zero attached hydrogens (tertiary/aromatic N) is 1. The SMILES string of the molecule is CC(C)CC(N)C(=O)NC(CS)C(=O)N1CCCC1C(=O)NC(Cc1ccc(O)cc1)C(=O)O. The number of phenols is 1. The third kappa shape index (κ3) is 7.63. The number of thiol groups is 1. The van der Waals surface area contributed by atoms with Crippen LogP contribution < -0.4 is 16.4 Å². The number of likely N-dealkylation sites (tertiary alicyclic amines) is 1. The van der Waals surface area contributed by atoms with Gasteiger partial charge in [0.2, 0.25) is 17.7 Å². The van der Waals surface area contributed by atoms with E-state index < -0.39 is 47.9 Å². The fourth-order valence-electron chi connectivity index (χ4n) is 3.92. The number of amides is 3. The number of nitrogens with two attached hydrogens (primary N) is 1. The second kappa shape index (κ2) is 12.6. The van der Waals surface area contributed by atoms with Crippen molar-refractivity contribution in [2.75, 3.05) is 12.3 Å². The summed E-state index contributed by atoms with van der Waals surface area (Å²) < 4.78 is 0. The van der Waals surface area contributed by atoms with Crippen molar-refractivity contribution < 1.29 is 29.4 Å². The molecule has 0 aromatic heterocycles. The molecule has 4 atom stereocenters. The first-order valence-electron chi connectivity index (χ1n) is 11.3. The number of aliphatic carboxylic acids is 1. The van der Waals surface area contributed by atoms with Crippen LogP contribution in [-0.2, 0) is 25.6 Å². The number of carbonyl (C=O) groups excluding carboxylic acids is 3. The molecule has 1 saturated heterocycles. The highest BCUT2D eigenvalue weighted by molar-refractivity contribution is 7.80. The molecule has 0 spiro atoms. The van der Waals surface area contributed by atoms with Gasteiger partial charge in [-0.05, 0) is 42.9 Å². The Bertz CT molecular complexity index is 879. The molecule has 0 saturated carbocycles. The standard InChI is InChI=1S/C23H34N4O6S/c1-13(2)10-16(24)20(29)26-18(12-34)22(31)27-9-3-4-19(27)21(30)25-17(23(32)33)11-14-5-7-15(28)8-6-14/h5-8,13,16-19,28,34H,3-4,9-12,24H2,1-2H3,(H,25,30)(H,26,29)(H,32,33). The number of hydrogen-bond donors (Lipinski definition) is 6. The lowest BCUT2D eigenvalue weighted by Gasteiger charge is -2.29. The van der Waals surface area contributed by atoms with Crippen LogP contribution in [0.4, 0.5) is 0 Å². The molecule has 1 aromatic rings. The van der Waals surface area contributed by atoms with E-state index in [1.54, 1.807) is 12.1 Å². The highest BCUT2D eigenvalue weighted by Gasteiger charge is 2.38. The van der Waals surface area contributed by atoms with E-state index in [-0.39, 0.29) is 23.8 Å². The molecule has 4 unspecified atom stereocenters. The minimum absolute atomic E-state index is 0.0189. The quantitative estimate of drug-likeness (QED) is 0.241. The van der Waals surface area contributed by atoms with Gasteiger partial charge >= 0.3 is 5.97 Å². The molecular weight excluding hydrogens is 460 g/mol. The maximum atomic E-state index is 13.1. The second-order valence-corrected chi connectivity index (χ2v) is 9.30. The number of carboxylic acid groups (broad SMARTS) is 1. The zero-order valence-electron chi connectivity index (χ0n) is 19.4. The molecular formula is C23H34N4O6S. The Morgan fingerprint density at radius 2 is 1.79 bits per heavy atom. The molecule has 3 amide bonds. The number of carbonyl (C=O) groups is 4. The van der Waals surface area contributed by atoms with E-state index in [0.29, 0.717) is 31.4 Å². The summed E-state index contributed by atoms with van der Waals surface area (Å²) >= 11 is 4.19. The van der Waals surface area contributed by atoms with Crippen LogP contribution in [0, 0.1) is 5.92 Å². The van der Waals surface area contributed by atoms with E-state index >= 15 is 0 Å². The van der Waals surface area contributed by atoms with Crippen molar-refractivity contribution >= 4 is 36.3 Å². The van der Waals surface area contributed by atoms with Gasteiger partial charge in [0.05, 0.1) is 6.04 Å². The third-order valence-electron chi connectivity index (χ3n) is 5.69. The summed E-state index contributed by atoms with van der Waals surface area (Å²) in [5, 5.41) is 24.1. The third-order valence-corrected chi connectivity index (χ3v) is 6.05. The predicted octanol–water partition coefficient (Wildman–Crippen LogP) is 0.283. The molecule has 1 aliphatic rings. The van der Waals surface area contributed by atoms with Crippen molar-refractivity contribution in [3.63, 3.8) is 0 Å². The molecule has 10 nitrogen and oxygen atoms in total. The van der Waals surface area contributed by atoms with Crippen molar-refractivity contribution in [1.82, 2.24) is 15.5 Å². The Hall–Kier alpha value is -2.79. The van der Waals surface area contributed by atoms with Gasteiger partial charge in [-0.2, -0.15) is 12.6 Å². The minimum atomic E-state index is -1.21. The van der Waals surface area contributed by atoms with Gasteiger partial charge in [0, 0.05) is 18.7 Å². The van der Waals surface area contributed by atoms with Gasteiger partial charge in [0.1, 0.15) is 23.9 Å². The second-order valence-electron chi connectivity index (χ2n) is 8.94. The number of aromatic hydroxyl groups is 1. The Kier molecular flexibility index (Phi) is 10.2. The summed E-state index contributed by atoms with van der Waals surface area (Å²) in [7, 11) is 0. The van der Waals surface area contributed by atoms with Crippen molar-refractivity contribution in [3.05, 3.63) is 29.8 Å². The Morgan fingerprint density at radius 1 is 1.15 bits per heavy atom. The number of rotatable bonds is 11. The fraction of sp³-hybridized carbons (Fsp3) is 0.565. The molecule has 1 fully saturated rings. The summed E-state index contributed by atoms with van der Waals surface area (Å²) in [5.41, 5.74) is 6.53. The molecule has 34 heavy (non-hydrogen) atoms. The van der Waals surface area contributed by atoms with E-state index in [1.165, 1.54) is 17.0 Å². The van der Waals surface area contributed by atoms with Gasteiger partial charge < -0.3 is 31.5 Å². The van der Waals surface area contributed by atoms with Crippen LogP contribution in [0.3, 0.4) is 0 Å². The summed E-state index contributed by atoms with van der Waals surface area (Å²) in [6.07, 6.45) is 1.43. The normalized spacial score (nSPS) is 18.3. The van der Waals surface area contributed by atoms with Gasteiger partial charge in [-0.3, -0.25) is 14.4 Å². The van der Waals surface area contributed by atoms with Gasteiger partial charge in [-0.25, -0.2) is 4.79 Å². The Labute approximate surface area is 204 Å². The molecule has 188 valence electrons. The predicted molar refractivity (Wildman–Crippen MR) is 129 cm³/mol. The van der Waals surface area contributed by atoms with E-state index in [9.17, 15) is 29.4 Å². The van der Waals surface area contributed by atoms with Gasteiger partial charge in [-0.1, -0.05) is 26.0 Å². The summed E-state index contributed by atoms with van der Waals surface area (Å²) in [6, 6.07) is 2.26. The molecule has 1 aromatic carbocycles. The van der Waals surface area contributed by atoms with Crippen LogP contribution in [0.25, 0.3) is 0 Å². The van der Waals surface area contributed by atoms with Crippen LogP contribution in [0.5, 0.6) is 5.75 Å². The molecule has 1 aliphatic heterocycles. The first-order valence-corrected chi connectivity index (χ1v) is 11.9. The maximum absolute atomic E-state index is 13.1. The van der Waals surface area contributed by atoms with Crippen molar-refractivity contribution in [2.45, 2.75) is 63.7 Å². The number of carboxylic acids is 1. The zero-order valence-corrected chi connectivity index (χ0v) is 20.3. The van der Waals surface area contributed by atoms with Crippen molar-refractivity contribution in [3.8, 4) is 5.75 Å². The number of benzene rings is 1. The van der Waals surface area contributed by atoms with E-state index in [2.05, 4.69) is 23.3 Å². The number of nitrogens with one attached hydrogen (secondary N) is 2. The minimum Gasteiger partial charge on any atom is -0.508 e. The van der Waals surface area contributed by atoms with Crippen molar-refractivity contribution in [2.24, 2.45) is 11.7 Å². The monoisotopic (exact) mass is 494 g/mol. The number of phenolic OH excluding ortho intramolecular Hbond substituents is 1. The first-order chi connectivity index (χ1) is 16.0. The van der Waals surface area contributed by atoms with Gasteiger partial charge in [0.15, 0.2) is 0 Å². The topological polar surface area (TPSA) is 162 Å². The summed E-state index contributed by atoms with van der Waals surface area (Å²) in [6.45, 7) is 4.19. The van der Waals surface area contributed by atoms with E-state index in [1.807, 2.05) is 13.8 Å². The highest BCUT2D eigenvalue weighted by Crippen LogP contribution is 2.20.